The van der Waals surface area contributed by atoms with Crippen LogP contribution in [0.5, 0.6) is 5.75 Å². The molecule has 0 bridgehead atoms. The number of rotatable bonds is 7. The Labute approximate surface area is 160 Å². The summed E-state index contributed by atoms with van der Waals surface area (Å²) in [6.45, 7) is 5.42. The third kappa shape index (κ3) is 3.93. The Kier molecular flexibility index (Phi) is 6.86. The van der Waals surface area contributed by atoms with Crippen LogP contribution in [-0.4, -0.2) is 29.2 Å². The van der Waals surface area contributed by atoms with Crippen LogP contribution in [0.3, 0.4) is 0 Å². The number of unbranched alkanes of at least 4 members (excludes halogenated alkanes) is 1. The van der Waals surface area contributed by atoms with E-state index in [9.17, 15) is 0 Å². The van der Waals surface area contributed by atoms with E-state index < -0.39 is 0 Å². The second-order valence-electron chi connectivity index (χ2n) is 6.14. The predicted octanol–water partition coefficient (Wildman–Crippen LogP) is 5.11. The van der Waals surface area contributed by atoms with Crippen LogP contribution >= 0.6 is 12.4 Å². The second-order valence-corrected chi connectivity index (χ2v) is 6.14. The quantitative estimate of drug-likeness (QED) is 0.354. The number of pyridine rings is 1. The minimum absolute atomic E-state index is 0. The second kappa shape index (κ2) is 8.90. The number of nitrogens with zero attached hydrogens (tertiary/aromatic N) is 2. The first-order chi connectivity index (χ1) is 12.2. The maximum absolute atomic E-state index is 7.74. The number of aromatic nitrogens is 2. The number of hydrogen-bond acceptors (Lipinski definition) is 4. The number of methoxy groups -OCH3 is 1. The van der Waals surface area contributed by atoms with Crippen molar-refractivity contribution < 1.29 is 9.47 Å². The minimum atomic E-state index is 0. The Bertz CT molecular complexity index is 905. The van der Waals surface area contributed by atoms with Gasteiger partial charge in [0.05, 0.1) is 30.4 Å². The average molecular weight is 376 g/mol. The Morgan fingerprint density at radius 3 is 2.73 bits per heavy atom. The first-order valence-corrected chi connectivity index (χ1v) is 8.77. The van der Waals surface area contributed by atoms with E-state index in [4.69, 9.17) is 14.9 Å². The molecule has 0 aliphatic rings. The van der Waals surface area contributed by atoms with E-state index in [-0.39, 0.29) is 12.4 Å². The van der Waals surface area contributed by atoms with Crippen LogP contribution in [0.1, 0.15) is 31.9 Å². The highest BCUT2D eigenvalue weighted by Crippen LogP contribution is 2.32. The molecule has 0 saturated heterocycles. The zero-order valence-electron chi connectivity index (χ0n) is 15.5. The molecule has 0 fully saturated rings. The average Bonchev–Trinajstić information content (AvgIpc) is 2.93. The highest BCUT2D eigenvalue weighted by atomic mass is 35.5. The summed E-state index contributed by atoms with van der Waals surface area (Å²) in [5, 5.41) is 10.2. The van der Waals surface area contributed by atoms with Crippen LogP contribution in [0.2, 0.25) is 0 Å². The number of ether oxygens (including phenoxy) is 2. The van der Waals surface area contributed by atoms with Gasteiger partial charge in [-0.15, -0.1) is 12.4 Å². The number of halogens is 1. The first kappa shape index (κ1) is 20.0. The van der Waals surface area contributed by atoms with Crippen molar-refractivity contribution in [1.29, 1.82) is 5.41 Å². The topological polar surface area (TPSA) is 60.1 Å². The maximum Gasteiger partial charge on any atom is 0.180 e. The van der Waals surface area contributed by atoms with E-state index >= 15 is 0 Å². The molecule has 2 heterocycles. The van der Waals surface area contributed by atoms with Gasteiger partial charge < -0.3 is 14.0 Å². The van der Waals surface area contributed by atoms with E-state index in [0.29, 0.717) is 18.9 Å². The normalized spacial score (nSPS) is 10.7. The number of fused-ring (bicyclic) bond motifs is 3. The number of aryl methyl sites for hydroxylation is 2. The number of nitrogens with one attached hydrogen (secondary N) is 1. The van der Waals surface area contributed by atoms with Gasteiger partial charge in [-0.1, -0.05) is 0 Å². The molecule has 0 saturated carbocycles. The summed E-state index contributed by atoms with van der Waals surface area (Å²) in [4.78, 5) is 4.48. The molecular formula is C20H26ClN3O2. The minimum Gasteiger partial charge on any atom is -0.497 e. The summed E-state index contributed by atoms with van der Waals surface area (Å²) in [5.41, 5.74) is 3.39. The van der Waals surface area contributed by atoms with E-state index in [2.05, 4.69) is 34.7 Å². The van der Waals surface area contributed by atoms with Crippen molar-refractivity contribution in [3.63, 3.8) is 0 Å². The third-order valence-electron chi connectivity index (χ3n) is 4.52. The molecule has 26 heavy (non-hydrogen) atoms. The molecule has 3 rings (SSSR count). The van der Waals surface area contributed by atoms with Gasteiger partial charge in [0.2, 0.25) is 0 Å². The van der Waals surface area contributed by atoms with Crippen LogP contribution in [0.25, 0.3) is 21.8 Å². The lowest BCUT2D eigenvalue weighted by atomic mass is 10.1. The molecule has 0 amide bonds. The van der Waals surface area contributed by atoms with Crippen molar-refractivity contribution >= 4 is 40.1 Å². The van der Waals surface area contributed by atoms with Gasteiger partial charge in [-0.2, -0.15) is 0 Å². The zero-order chi connectivity index (χ0) is 17.8. The van der Waals surface area contributed by atoms with Crippen molar-refractivity contribution in [3.05, 3.63) is 36.2 Å². The fourth-order valence-corrected chi connectivity index (χ4v) is 3.36. The fraction of sp³-hybridized carbons (Fsp3) is 0.400. The van der Waals surface area contributed by atoms with Crippen LogP contribution in [0.4, 0.5) is 0 Å². The summed E-state index contributed by atoms with van der Waals surface area (Å²) in [7, 11) is 1.69. The molecule has 1 N–H and O–H groups in total. The third-order valence-corrected chi connectivity index (χ3v) is 4.52. The van der Waals surface area contributed by atoms with Crippen LogP contribution in [-0.2, 0) is 11.3 Å². The molecular weight excluding hydrogens is 350 g/mol. The van der Waals surface area contributed by atoms with Gasteiger partial charge in [-0.25, -0.2) is 0 Å². The lowest BCUT2D eigenvalue weighted by Crippen LogP contribution is -2.04. The molecule has 0 radical (unpaired) electrons. The molecule has 0 spiro atoms. The fourth-order valence-electron chi connectivity index (χ4n) is 3.36. The lowest BCUT2D eigenvalue weighted by Gasteiger charge is -2.10. The molecule has 0 atom stereocenters. The SMILES string of the molecule is CCOC(=N)CCCCn1c2cc(OC)ccc2c2ccnc(C)c21.Cl. The van der Waals surface area contributed by atoms with Crippen LogP contribution in [0, 0.1) is 12.3 Å². The van der Waals surface area contributed by atoms with Gasteiger partial charge >= 0.3 is 0 Å². The Morgan fingerprint density at radius 1 is 1.19 bits per heavy atom. The molecule has 140 valence electrons. The predicted molar refractivity (Wildman–Crippen MR) is 109 cm³/mol. The first-order valence-electron chi connectivity index (χ1n) is 8.77. The molecule has 3 aromatic rings. The van der Waals surface area contributed by atoms with E-state index in [1.807, 2.05) is 19.2 Å². The smallest absolute Gasteiger partial charge is 0.180 e. The molecule has 6 heteroatoms. The van der Waals surface area contributed by atoms with Crippen molar-refractivity contribution in [2.75, 3.05) is 13.7 Å². The number of benzene rings is 1. The lowest BCUT2D eigenvalue weighted by molar-refractivity contribution is 0.312. The highest BCUT2D eigenvalue weighted by molar-refractivity contribution is 6.09. The zero-order valence-corrected chi connectivity index (χ0v) is 16.4. The summed E-state index contributed by atoms with van der Waals surface area (Å²) >= 11 is 0. The largest absolute Gasteiger partial charge is 0.497 e. The maximum atomic E-state index is 7.74. The van der Waals surface area contributed by atoms with Gasteiger partial charge in [0.15, 0.2) is 5.90 Å². The molecule has 5 nitrogen and oxygen atoms in total. The van der Waals surface area contributed by atoms with Gasteiger partial charge in [0.1, 0.15) is 5.75 Å². The molecule has 2 aromatic heterocycles. The Hall–Kier alpha value is -2.27. The highest BCUT2D eigenvalue weighted by Gasteiger charge is 2.13. The van der Waals surface area contributed by atoms with Gasteiger partial charge in [-0.05, 0) is 44.9 Å². The van der Waals surface area contributed by atoms with Crippen molar-refractivity contribution in [1.82, 2.24) is 9.55 Å². The number of hydrogen-bond donors (Lipinski definition) is 1. The van der Waals surface area contributed by atoms with Gasteiger partial charge in [-0.3, -0.25) is 10.4 Å². The van der Waals surface area contributed by atoms with Crippen molar-refractivity contribution in [3.8, 4) is 5.75 Å². The van der Waals surface area contributed by atoms with Gasteiger partial charge in [0.25, 0.3) is 0 Å². The van der Waals surface area contributed by atoms with Crippen LogP contribution < -0.4 is 4.74 Å². The standard InChI is InChI=1S/C20H25N3O2.ClH/c1-4-25-19(21)7-5-6-12-23-18-13-15(24-3)8-9-16(18)17-10-11-22-14(2)20(17)23;/h8-11,13,21H,4-7,12H2,1-3H3;1H. The van der Waals surface area contributed by atoms with E-state index in [0.717, 1.165) is 30.8 Å². The van der Waals surface area contributed by atoms with Crippen molar-refractivity contribution in [2.45, 2.75) is 39.7 Å². The molecule has 0 unspecified atom stereocenters. The van der Waals surface area contributed by atoms with Gasteiger partial charge in [0, 0.05) is 36.0 Å². The Balaban J connectivity index is 0.00000243. The molecule has 1 aromatic carbocycles. The summed E-state index contributed by atoms with van der Waals surface area (Å²) in [6.07, 6.45) is 4.48. The summed E-state index contributed by atoms with van der Waals surface area (Å²) in [5.74, 6) is 1.24. The Morgan fingerprint density at radius 2 is 2.00 bits per heavy atom. The summed E-state index contributed by atoms with van der Waals surface area (Å²) in [6, 6.07) is 8.30. The van der Waals surface area contributed by atoms with Crippen LogP contribution in [0.15, 0.2) is 30.5 Å². The monoisotopic (exact) mass is 375 g/mol. The summed E-state index contributed by atoms with van der Waals surface area (Å²) < 4.78 is 13.0. The molecule has 0 aliphatic carbocycles. The van der Waals surface area contributed by atoms with E-state index in [1.54, 1.807) is 7.11 Å². The van der Waals surface area contributed by atoms with Crippen molar-refractivity contribution in [2.24, 2.45) is 0 Å². The van der Waals surface area contributed by atoms with E-state index in [1.165, 1.54) is 21.8 Å². The molecule has 0 aliphatic heterocycles.